The number of anilines is 1. The molecular weight excluding hydrogens is 212 g/mol. The lowest BCUT2D eigenvalue weighted by atomic mass is 9.97. The Hall–Kier alpha value is -1.51. The minimum Gasteiger partial charge on any atom is -0.398 e. The van der Waals surface area contributed by atoms with Crippen LogP contribution in [0.15, 0.2) is 18.2 Å². The van der Waals surface area contributed by atoms with E-state index >= 15 is 0 Å². The molecule has 0 radical (unpaired) electrons. The molecule has 1 aromatic carbocycles. The van der Waals surface area contributed by atoms with Gasteiger partial charge in [-0.1, -0.05) is 19.1 Å². The summed E-state index contributed by atoms with van der Waals surface area (Å²) < 4.78 is 0. The van der Waals surface area contributed by atoms with E-state index in [0.717, 1.165) is 12.0 Å². The first-order valence-corrected chi connectivity index (χ1v) is 5.94. The van der Waals surface area contributed by atoms with Gasteiger partial charge in [0.05, 0.1) is 5.56 Å². The average Bonchev–Trinajstić information content (AvgIpc) is 2.27. The lowest BCUT2D eigenvalue weighted by Crippen LogP contribution is -2.44. The number of hydrogen-bond acceptors (Lipinski definition) is 2. The zero-order valence-electron chi connectivity index (χ0n) is 11.4. The Morgan fingerprint density at radius 3 is 2.47 bits per heavy atom. The Balaban J connectivity index is 3.14. The fourth-order valence-corrected chi connectivity index (χ4v) is 1.66. The first-order chi connectivity index (χ1) is 7.81. The predicted octanol–water partition coefficient (Wildman–Crippen LogP) is 2.84. The number of aryl methyl sites for hydroxylation is 1. The summed E-state index contributed by atoms with van der Waals surface area (Å²) in [7, 11) is 1.83. The van der Waals surface area contributed by atoms with Crippen molar-refractivity contribution in [3.63, 3.8) is 0 Å². The Morgan fingerprint density at radius 1 is 1.41 bits per heavy atom. The Morgan fingerprint density at radius 2 is 2.00 bits per heavy atom. The van der Waals surface area contributed by atoms with Crippen molar-refractivity contribution in [2.45, 2.75) is 39.7 Å². The summed E-state index contributed by atoms with van der Waals surface area (Å²) in [5, 5.41) is 0. The molecule has 0 unspecified atom stereocenters. The molecule has 0 saturated carbocycles. The molecule has 94 valence electrons. The number of amides is 1. The molecule has 0 atom stereocenters. The first-order valence-electron chi connectivity index (χ1n) is 5.94. The topological polar surface area (TPSA) is 46.3 Å². The van der Waals surface area contributed by atoms with Crippen molar-refractivity contribution < 1.29 is 4.79 Å². The molecule has 0 aromatic heterocycles. The lowest BCUT2D eigenvalue weighted by molar-refractivity contribution is 0.0620. The lowest BCUT2D eigenvalue weighted by Gasteiger charge is -2.35. The molecule has 3 nitrogen and oxygen atoms in total. The minimum absolute atomic E-state index is 0.00699. The van der Waals surface area contributed by atoms with Crippen LogP contribution in [0.2, 0.25) is 0 Å². The summed E-state index contributed by atoms with van der Waals surface area (Å²) in [5.41, 5.74) is 7.83. The molecule has 1 rings (SSSR count). The summed E-state index contributed by atoms with van der Waals surface area (Å²) in [4.78, 5) is 14.2. The third-order valence-corrected chi connectivity index (χ3v) is 3.60. The standard InChI is InChI=1S/C14H22N2O/c1-6-14(3,4)16(5)13(17)12-10(2)8-7-9-11(12)15/h7-9H,6,15H2,1-5H3. The van der Waals surface area contributed by atoms with E-state index in [0.29, 0.717) is 11.3 Å². The van der Waals surface area contributed by atoms with Crippen LogP contribution in [0.5, 0.6) is 0 Å². The highest BCUT2D eigenvalue weighted by atomic mass is 16.2. The molecule has 1 aromatic rings. The zero-order chi connectivity index (χ0) is 13.2. The summed E-state index contributed by atoms with van der Waals surface area (Å²) in [6.45, 7) is 8.10. The second-order valence-corrected chi connectivity index (χ2v) is 5.07. The van der Waals surface area contributed by atoms with Gasteiger partial charge in [0.15, 0.2) is 0 Å². The second kappa shape index (κ2) is 4.78. The van der Waals surface area contributed by atoms with E-state index in [4.69, 9.17) is 5.73 Å². The summed E-state index contributed by atoms with van der Waals surface area (Å²) >= 11 is 0. The largest absolute Gasteiger partial charge is 0.398 e. The van der Waals surface area contributed by atoms with Crippen LogP contribution < -0.4 is 5.73 Å². The quantitative estimate of drug-likeness (QED) is 0.817. The molecule has 2 N–H and O–H groups in total. The molecule has 0 aliphatic rings. The summed E-state index contributed by atoms with van der Waals surface area (Å²) in [5.74, 6) is -0.00699. The SMILES string of the molecule is CCC(C)(C)N(C)C(=O)c1c(C)cccc1N. The highest BCUT2D eigenvalue weighted by Crippen LogP contribution is 2.23. The van der Waals surface area contributed by atoms with Crippen LogP contribution in [0, 0.1) is 6.92 Å². The van der Waals surface area contributed by atoms with Crippen LogP contribution in [-0.4, -0.2) is 23.4 Å². The predicted molar refractivity (Wildman–Crippen MR) is 72.1 cm³/mol. The molecular formula is C14H22N2O. The smallest absolute Gasteiger partial charge is 0.256 e. The second-order valence-electron chi connectivity index (χ2n) is 5.07. The highest BCUT2D eigenvalue weighted by molar-refractivity contribution is 6.00. The van der Waals surface area contributed by atoms with Crippen molar-refractivity contribution in [3.05, 3.63) is 29.3 Å². The van der Waals surface area contributed by atoms with E-state index in [9.17, 15) is 4.79 Å². The van der Waals surface area contributed by atoms with E-state index < -0.39 is 0 Å². The van der Waals surface area contributed by atoms with Crippen LogP contribution in [0.1, 0.15) is 43.1 Å². The maximum absolute atomic E-state index is 12.4. The van der Waals surface area contributed by atoms with E-state index in [1.165, 1.54) is 0 Å². The highest BCUT2D eigenvalue weighted by Gasteiger charge is 2.28. The van der Waals surface area contributed by atoms with Gasteiger partial charge in [-0.25, -0.2) is 0 Å². The molecule has 3 heteroatoms. The summed E-state index contributed by atoms with van der Waals surface area (Å²) in [6, 6.07) is 5.55. The third kappa shape index (κ3) is 2.60. The minimum atomic E-state index is -0.161. The van der Waals surface area contributed by atoms with E-state index in [2.05, 4.69) is 20.8 Å². The fourth-order valence-electron chi connectivity index (χ4n) is 1.66. The Bertz CT molecular complexity index is 404. The van der Waals surface area contributed by atoms with Crippen molar-refractivity contribution in [2.75, 3.05) is 12.8 Å². The van der Waals surface area contributed by atoms with Gasteiger partial charge < -0.3 is 10.6 Å². The molecule has 0 aliphatic carbocycles. The third-order valence-electron chi connectivity index (χ3n) is 3.60. The first kappa shape index (κ1) is 13.6. The number of nitrogens with two attached hydrogens (primary N) is 1. The van der Waals surface area contributed by atoms with Gasteiger partial charge in [0.1, 0.15) is 0 Å². The van der Waals surface area contributed by atoms with Gasteiger partial charge in [-0.2, -0.15) is 0 Å². The van der Waals surface area contributed by atoms with Crippen LogP contribution in [-0.2, 0) is 0 Å². The van der Waals surface area contributed by atoms with Crippen molar-refractivity contribution in [2.24, 2.45) is 0 Å². The number of rotatable bonds is 3. The monoisotopic (exact) mass is 234 g/mol. The van der Waals surface area contributed by atoms with Crippen molar-refractivity contribution >= 4 is 11.6 Å². The molecule has 0 heterocycles. The van der Waals surface area contributed by atoms with Gasteiger partial charge in [-0.15, -0.1) is 0 Å². The maximum atomic E-state index is 12.4. The van der Waals surface area contributed by atoms with E-state index in [1.807, 2.05) is 26.1 Å². The maximum Gasteiger partial charge on any atom is 0.256 e. The zero-order valence-corrected chi connectivity index (χ0v) is 11.4. The molecule has 0 fully saturated rings. The Labute approximate surface area is 104 Å². The van der Waals surface area contributed by atoms with E-state index in [1.54, 1.807) is 11.0 Å². The number of carbonyl (C=O) groups is 1. The number of nitrogen functional groups attached to an aromatic ring is 1. The molecule has 0 saturated heterocycles. The molecule has 0 spiro atoms. The summed E-state index contributed by atoms with van der Waals surface area (Å²) in [6.07, 6.45) is 0.904. The number of nitrogens with zero attached hydrogens (tertiary/aromatic N) is 1. The van der Waals surface area contributed by atoms with Crippen molar-refractivity contribution in [3.8, 4) is 0 Å². The van der Waals surface area contributed by atoms with Crippen LogP contribution >= 0.6 is 0 Å². The van der Waals surface area contributed by atoms with Gasteiger partial charge >= 0.3 is 0 Å². The van der Waals surface area contributed by atoms with E-state index in [-0.39, 0.29) is 11.4 Å². The number of carbonyl (C=O) groups excluding carboxylic acids is 1. The van der Waals surface area contributed by atoms with Crippen LogP contribution in [0.25, 0.3) is 0 Å². The molecule has 0 aliphatic heterocycles. The van der Waals surface area contributed by atoms with Gasteiger partial charge in [0.25, 0.3) is 5.91 Å². The molecule has 17 heavy (non-hydrogen) atoms. The van der Waals surface area contributed by atoms with Crippen molar-refractivity contribution in [1.82, 2.24) is 4.90 Å². The molecule has 0 bridgehead atoms. The van der Waals surface area contributed by atoms with Gasteiger partial charge in [0.2, 0.25) is 0 Å². The average molecular weight is 234 g/mol. The normalized spacial score (nSPS) is 11.4. The van der Waals surface area contributed by atoms with Crippen molar-refractivity contribution in [1.29, 1.82) is 0 Å². The van der Waals surface area contributed by atoms with Crippen LogP contribution in [0.4, 0.5) is 5.69 Å². The fraction of sp³-hybridized carbons (Fsp3) is 0.500. The van der Waals surface area contributed by atoms with Gasteiger partial charge in [0, 0.05) is 18.3 Å². The van der Waals surface area contributed by atoms with Gasteiger partial charge in [-0.05, 0) is 38.8 Å². The van der Waals surface area contributed by atoms with Gasteiger partial charge in [-0.3, -0.25) is 4.79 Å². The number of hydrogen-bond donors (Lipinski definition) is 1. The molecule has 1 amide bonds. The Kier molecular flexibility index (Phi) is 3.81. The number of benzene rings is 1. The van der Waals surface area contributed by atoms with Crippen LogP contribution in [0.3, 0.4) is 0 Å².